The van der Waals surface area contributed by atoms with Crippen molar-refractivity contribution in [3.8, 4) is 0 Å². The van der Waals surface area contributed by atoms with Gasteiger partial charge in [0.1, 0.15) is 0 Å². The summed E-state index contributed by atoms with van der Waals surface area (Å²) in [5.41, 5.74) is 2.56. The van der Waals surface area contributed by atoms with E-state index in [9.17, 15) is 13.6 Å². The molecule has 2 aromatic heterocycles. The molecule has 4 aromatic rings. The zero-order chi connectivity index (χ0) is 20.7. The molecule has 0 aliphatic heterocycles. The molecule has 150 valence electrons. The number of hydrogen-bond donors (Lipinski definition) is 1. The second kappa shape index (κ2) is 7.25. The largest absolute Gasteiger partial charge is 0.275 e. The SMILES string of the molecule is O=c1[nH]ncc2sc(CC3CC3(F)F)c(N=C(c3ccccc3)c3ccccc3)c12. The third-order valence-electron chi connectivity index (χ3n) is 5.26. The van der Waals surface area contributed by atoms with E-state index in [4.69, 9.17) is 4.99 Å². The lowest BCUT2D eigenvalue weighted by Crippen LogP contribution is -2.07. The van der Waals surface area contributed by atoms with Gasteiger partial charge < -0.3 is 0 Å². The van der Waals surface area contributed by atoms with Crippen LogP contribution in [0.4, 0.5) is 14.5 Å². The molecule has 1 aliphatic carbocycles. The van der Waals surface area contributed by atoms with Crippen molar-refractivity contribution >= 4 is 32.8 Å². The van der Waals surface area contributed by atoms with Crippen molar-refractivity contribution in [2.24, 2.45) is 10.9 Å². The van der Waals surface area contributed by atoms with Crippen LogP contribution in [0.25, 0.3) is 10.1 Å². The van der Waals surface area contributed by atoms with E-state index >= 15 is 0 Å². The number of benzene rings is 2. The van der Waals surface area contributed by atoms with Gasteiger partial charge >= 0.3 is 0 Å². The Bertz CT molecular complexity index is 1260. The highest BCUT2D eigenvalue weighted by atomic mass is 32.1. The molecule has 1 N–H and O–H groups in total. The van der Waals surface area contributed by atoms with Gasteiger partial charge in [-0.05, 0) is 6.42 Å². The van der Waals surface area contributed by atoms with Crippen LogP contribution in [0.3, 0.4) is 0 Å². The number of alkyl halides is 2. The summed E-state index contributed by atoms with van der Waals surface area (Å²) >= 11 is 1.32. The Morgan fingerprint density at radius 2 is 1.70 bits per heavy atom. The summed E-state index contributed by atoms with van der Waals surface area (Å²) in [7, 11) is 0. The summed E-state index contributed by atoms with van der Waals surface area (Å²) in [6.45, 7) is 0. The minimum atomic E-state index is -2.64. The smallest absolute Gasteiger partial charge is 0.267 e. The number of thiophene rings is 1. The van der Waals surface area contributed by atoms with Gasteiger partial charge in [0, 0.05) is 28.3 Å². The predicted molar refractivity (Wildman–Crippen MR) is 115 cm³/mol. The van der Waals surface area contributed by atoms with Crippen LogP contribution in [0.1, 0.15) is 22.4 Å². The molecule has 1 unspecified atom stereocenters. The summed E-state index contributed by atoms with van der Waals surface area (Å²) in [6.07, 6.45) is 1.63. The average Bonchev–Trinajstić information content (AvgIpc) is 3.20. The maximum Gasteiger partial charge on any atom is 0.275 e. The Morgan fingerprint density at radius 1 is 1.10 bits per heavy atom. The lowest BCUT2D eigenvalue weighted by atomic mass is 10.0. The molecule has 0 saturated heterocycles. The molecular formula is C23H17F2N3OS. The molecule has 0 bridgehead atoms. The van der Waals surface area contributed by atoms with E-state index in [2.05, 4.69) is 10.2 Å². The van der Waals surface area contributed by atoms with Gasteiger partial charge in [0.05, 0.1) is 27.7 Å². The van der Waals surface area contributed by atoms with Gasteiger partial charge in [-0.3, -0.25) is 4.79 Å². The number of nitrogens with zero attached hydrogens (tertiary/aromatic N) is 2. The molecule has 1 aliphatic rings. The summed E-state index contributed by atoms with van der Waals surface area (Å²) in [4.78, 5) is 18.2. The number of fused-ring (bicyclic) bond motifs is 1. The second-order valence-electron chi connectivity index (χ2n) is 7.37. The molecule has 4 nitrogen and oxygen atoms in total. The van der Waals surface area contributed by atoms with Crippen molar-refractivity contribution in [3.63, 3.8) is 0 Å². The Kier molecular flexibility index (Phi) is 4.55. The van der Waals surface area contributed by atoms with Crippen molar-refractivity contribution in [2.45, 2.75) is 18.8 Å². The van der Waals surface area contributed by atoms with Crippen molar-refractivity contribution in [3.05, 3.63) is 93.2 Å². The van der Waals surface area contributed by atoms with E-state index in [1.54, 1.807) is 6.20 Å². The number of rotatable bonds is 5. The molecule has 1 atom stereocenters. The monoisotopic (exact) mass is 421 g/mol. The Hall–Kier alpha value is -3.19. The van der Waals surface area contributed by atoms with Crippen LogP contribution in [0, 0.1) is 5.92 Å². The first kappa shape index (κ1) is 18.8. The van der Waals surface area contributed by atoms with Gasteiger partial charge in [-0.25, -0.2) is 18.9 Å². The summed E-state index contributed by atoms with van der Waals surface area (Å²) in [5, 5.41) is 6.71. The van der Waals surface area contributed by atoms with Crippen molar-refractivity contribution < 1.29 is 8.78 Å². The van der Waals surface area contributed by atoms with Crippen LogP contribution in [0.15, 0.2) is 76.6 Å². The second-order valence-corrected chi connectivity index (χ2v) is 8.51. The Balaban J connectivity index is 1.73. The number of aromatic nitrogens is 2. The van der Waals surface area contributed by atoms with E-state index in [0.717, 1.165) is 11.1 Å². The molecule has 2 aromatic carbocycles. The number of aliphatic imine (C=N–C) groups is 1. The number of halogens is 2. The van der Waals surface area contributed by atoms with Crippen LogP contribution in [0.5, 0.6) is 0 Å². The standard InChI is InChI=1S/C23H17F2N3OS/c24-23(25)12-16(23)11-17-21(19-18(30-17)13-26-28-22(19)29)27-20(14-7-3-1-4-8-14)15-9-5-2-6-10-15/h1-10,13,16H,11-12H2,(H,28,29). The molecule has 1 fully saturated rings. The number of H-pyrrole nitrogens is 1. The third-order valence-corrected chi connectivity index (χ3v) is 6.40. The highest BCUT2D eigenvalue weighted by Crippen LogP contribution is 2.52. The van der Waals surface area contributed by atoms with Crippen LogP contribution < -0.4 is 5.56 Å². The summed E-state index contributed by atoms with van der Waals surface area (Å²) in [6, 6.07) is 19.3. The van der Waals surface area contributed by atoms with E-state index in [1.807, 2.05) is 60.7 Å². The van der Waals surface area contributed by atoms with Crippen LogP contribution in [0.2, 0.25) is 0 Å². The van der Waals surface area contributed by atoms with E-state index in [1.165, 1.54) is 11.3 Å². The minimum Gasteiger partial charge on any atom is -0.267 e. The fraction of sp³-hybridized carbons (Fsp3) is 0.174. The lowest BCUT2D eigenvalue weighted by Gasteiger charge is -2.08. The summed E-state index contributed by atoms with van der Waals surface area (Å²) in [5.74, 6) is -3.34. The molecule has 0 spiro atoms. The van der Waals surface area contributed by atoms with E-state index in [-0.39, 0.29) is 18.4 Å². The molecule has 1 saturated carbocycles. The first-order valence-electron chi connectivity index (χ1n) is 9.59. The Morgan fingerprint density at radius 3 is 2.27 bits per heavy atom. The highest BCUT2D eigenvalue weighted by Gasteiger charge is 2.56. The number of hydrogen-bond acceptors (Lipinski definition) is 4. The van der Waals surface area contributed by atoms with Gasteiger partial charge in [-0.15, -0.1) is 11.3 Å². The molecule has 0 amide bonds. The highest BCUT2D eigenvalue weighted by molar-refractivity contribution is 7.19. The molecular weight excluding hydrogens is 404 g/mol. The van der Waals surface area contributed by atoms with Crippen LogP contribution >= 0.6 is 11.3 Å². The average molecular weight is 421 g/mol. The quantitative estimate of drug-likeness (QED) is 0.442. The molecule has 7 heteroatoms. The third kappa shape index (κ3) is 3.45. The maximum absolute atomic E-state index is 13.6. The topological polar surface area (TPSA) is 58.1 Å². The van der Waals surface area contributed by atoms with Gasteiger partial charge in [0.25, 0.3) is 11.5 Å². The van der Waals surface area contributed by atoms with Gasteiger partial charge in [-0.2, -0.15) is 5.10 Å². The Labute approximate surface area is 174 Å². The molecule has 5 rings (SSSR count). The fourth-order valence-corrected chi connectivity index (χ4v) is 4.77. The normalized spacial score (nSPS) is 17.1. The van der Waals surface area contributed by atoms with Crippen LogP contribution in [-0.4, -0.2) is 21.8 Å². The fourth-order valence-electron chi connectivity index (χ4n) is 3.58. The summed E-state index contributed by atoms with van der Waals surface area (Å²) < 4.78 is 27.9. The van der Waals surface area contributed by atoms with Crippen molar-refractivity contribution in [2.75, 3.05) is 0 Å². The maximum atomic E-state index is 13.6. The van der Waals surface area contributed by atoms with Gasteiger partial charge in [0.15, 0.2) is 0 Å². The molecule has 2 heterocycles. The first-order valence-corrected chi connectivity index (χ1v) is 10.4. The minimum absolute atomic E-state index is 0.122. The van der Waals surface area contributed by atoms with Gasteiger partial charge in [0.2, 0.25) is 0 Å². The van der Waals surface area contributed by atoms with E-state index in [0.29, 0.717) is 26.4 Å². The van der Waals surface area contributed by atoms with Crippen molar-refractivity contribution in [1.29, 1.82) is 0 Å². The number of aromatic amines is 1. The van der Waals surface area contributed by atoms with Crippen LogP contribution in [-0.2, 0) is 6.42 Å². The van der Waals surface area contributed by atoms with Crippen molar-refractivity contribution in [1.82, 2.24) is 10.2 Å². The molecule has 0 radical (unpaired) electrons. The first-order chi connectivity index (χ1) is 14.5. The zero-order valence-electron chi connectivity index (χ0n) is 15.8. The zero-order valence-corrected chi connectivity index (χ0v) is 16.6. The van der Waals surface area contributed by atoms with E-state index < -0.39 is 11.8 Å². The van der Waals surface area contributed by atoms with Gasteiger partial charge in [-0.1, -0.05) is 60.7 Å². The number of nitrogens with one attached hydrogen (secondary N) is 1. The predicted octanol–water partition coefficient (Wildman–Crippen LogP) is 5.35. The lowest BCUT2D eigenvalue weighted by molar-refractivity contribution is 0.0991. The molecule has 30 heavy (non-hydrogen) atoms.